The van der Waals surface area contributed by atoms with Crippen LogP contribution in [0.25, 0.3) is 0 Å². The molecule has 1 aromatic rings. The van der Waals surface area contributed by atoms with Crippen molar-refractivity contribution in [1.29, 1.82) is 0 Å². The lowest BCUT2D eigenvalue weighted by molar-refractivity contribution is 0.192. The Balaban J connectivity index is 0.00000196. The number of nitrogens with one attached hydrogen (secondary N) is 1. The van der Waals surface area contributed by atoms with Crippen LogP contribution in [0.3, 0.4) is 0 Å². The number of methoxy groups -OCH3 is 1. The second kappa shape index (κ2) is 10.4. The van der Waals surface area contributed by atoms with Gasteiger partial charge < -0.3 is 10.1 Å². The van der Waals surface area contributed by atoms with Crippen LogP contribution in [0.2, 0.25) is 0 Å². The van der Waals surface area contributed by atoms with Crippen LogP contribution in [-0.2, 0) is 11.3 Å². The lowest BCUT2D eigenvalue weighted by atomic mass is 10.2. The van der Waals surface area contributed by atoms with Gasteiger partial charge in [-0.15, -0.1) is 12.4 Å². The van der Waals surface area contributed by atoms with Crippen molar-refractivity contribution in [3.63, 3.8) is 0 Å². The van der Waals surface area contributed by atoms with E-state index in [1.807, 2.05) is 0 Å². The number of hydrogen-bond donors (Lipinski definition) is 1. The highest BCUT2D eigenvalue weighted by atomic mass is 35.5. The van der Waals surface area contributed by atoms with E-state index >= 15 is 0 Å². The number of unbranched alkanes of at least 4 members (excludes halogenated alkanes) is 2. The van der Waals surface area contributed by atoms with Crippen LogP contribution in [0.4, 0.5) is 0 Å². The maximum atomic E-state index is 4.99. The standard InChI is InChI=1S/C11H19NOS.ClH/c1-13-7-4-2-3-6-12-9-11-5-8-14-10-11;/h5,8,10,12H,2-4,6-7,9H2,1H3;1H. The van der Waals surface area contributed by atoms with E-state index in [2.05, 4.69) is 22.1 Å². The molecule has 1 heterocycles. The normalized spacial score (nSPS) is 9.93. The third kappa shape index (κ3) is 7.79. The van der Waals surface area contributed by atoms with Crippen LogP contribution in [-0.4, -0.2) is 20.3 Å². The van der Waals surface area contributed by atoms with Gasteiger partial charge in [0.15, 0.2) is 0 Å². The number of halogens is 1. The van der Waals surface area contributed by atoms with Crippen molar-refractivity contribution in [2.24, 2.45) is 0 Å². The summed E-state index contributed by atoms with van der Waals surface area (Å²) in [6.07, 6.45) is 3.68. The summed E-state index contributed by atoms with van der Waals surface area (Å²) < 4.78 is 4.99. The molecule has 0 fully saturated rings. The summed E-state index contributed by atoms with van der Waals surface area (Å²) in [5.74, 6) is 0. The highest BCUT2D eigenvalue weighted by Crippen LogP contribution is 2.04. The molecule has 1 aromatic heterocycles. The van der Waals surface area contributed by atoms with Gasteiger partial charge in [-0.3, -0.25) is 0 Å². The van der Waals surface area contributed by atoms with Gasteiger partial charge in [0.05, 0.1) is 0 Å². The molecular formula is C11H20ClNOS. The molecule has 0 atom stereocenters. The van der Waals surface area contributed by atoms with Crippen LogP contribution >= 0.6 is 23.7 Å². The Morgan fingerprint density at radius 3 is 2.87 bits per heavy atom. The van der Waals surface area contributed by atoms with Crippen LogP contribution < -0.4 is 5.32 Å². The van der Waals surface area contributed by atoms with E-state index in [1.54, 1.807) is 18.4 Å². The van der Waals surface area contributed by atoms with Gasteiger partial charge in [0, 0.05) is 20.3 Å². The van der Waals surface area contributed by atoms with E-state index in [0.29, 0.717) is 0 Å². The van der Waals surface area contributed by atoms with Crippen LogP contribution in [0.15, 0.2) is 16.8 Å². The SMILES string of the molecule is COCCCCCNCc1ccsc1.Cl. The van der Waals surface area contributed by atoms with Crippen LogP contribution in [0.1, 0.15) is 24.8 Å². The molecule has 0 unspecified atom stereocenters. The quantitative estimate of drug-likeness (QED) is 0.715. The molecule has 1 rings (SSSR count). The summed E-state index contributed by atoms with van der Waals surface area (Å²) in [6, 6.07) is 2.17. The van der Waals surface area contributed by atoms with Gasteiger partial charge in [0.25, 0.3) is 0 Å². The fourth-order valence-corrected chi connectivity index (χ4v) is 1.97. The molecule has 0 amide bonds. The Bertz CT molecular complexity index is 216. The summed E-state index contributed by atoms with van der Waals surface area (Å²) >= 11 is 1.76. The van der Waals surface area contributed by atoms with Crippen molar-refractivity contribution >= 4 is 23.7 Å². The molecule has 88 valence electrons. The van der Waals surface area contributed by atoms with Gasteiger partial charge in [-0.25, -0.2) is 0 Å². The van der Waals surface area contributed by atoms with Crippen molar-refractivity contribution in [2.45, 2.75) is 25.8 Å². The molecular weight excluding hydrogens is 230 g/mol. The van der Waals surface area contributed by atoms with Crippen molar-refractivity contribution in [3.8, 4) is 0 Å². The van der Waals surface area contributed by atoms with E-state index in [-0.39, 0.29) is 12.4 Å². The highest BCUT2D eigenvalue weighted by Gasteiger charge is 1.92. The second-order valence-corrected chi connectivity index (χ2v) is 4.14. The van der Waals surface area contributed by atoms with Gasteiger partial charge in [0.1, 0.15) is 0 Å². The average Bonchev–Trinajstić information content (AvgIpc) is 2.69. The topological polar surface area (TPSA) is 21.3 Å². The average molecular weight is 250 g/mol. The van der Waals surface area contributed by atoms with Gasteiger partial charge in [-0.05, 0) is 48.2 Å². The fourth-order valence-electron chi connectivity index (χ4n) is 1.30. The predicted octanol–water partition coefficient (Wildman–Crippen LogP) is 3.08. The lowest BCUT2D eigenvalue weighted by Gasteiger charge is -2.02. The molecule has 0 aliphatic heterocycles. The predicted molar refractivity (Wildman–Crippen MR) is 69.0 cm³/mol. The monoisotopic (exact) mass is 249 g/mol. The first-order valence-electron chi connectivity index (χ1n) is 5.14. The molecule has 0 radical (unpaired) electrons. The number of ether oxygens (including phenoxy) is 1. The first kappa shape index (κ1) is 14.9. The third-order valence-electron chi connectivity index (χ3n) is 2.11. The molecule has 0 saturated carbocycles. The molecule has 0 aliphatic carbocycles. The van der Waals surface area contributed by atoms with Crippen LogP contribution in [0, 0.1) is 0 Å². The van der Waals surface area contributed by atoms with Crippen LogP contribution in [0.5, 0.6) is 0 Å². The summed E-state index contributed by atoms with van der Waals surface area (Å²) in [7, 11) is 1.76. The molecule has 1 N–H and O–H groups in total. The third-order valence-corrected chi connectivity index (χ3v) is 2.84. The lowest BCUT2D eigenvalue weighted by Crippen LogP contribution is -2.14. The minimum Gasteiger partial charge on any atom is -0.385 e. The Morgan fingerprint density at radius 2 is 2.20 bits per heavy atom. The van der Waals surface area contributed by atoms with Gasteiger partial charge >= 0.3 is 0 Å². The number of thiophene rings is 1. The summed E-state index contributed by atoms with van der Waals surface area (Å²) in [5.41, 5.74) is 1.40. The molecule has 2 nitrogen and oxygen atoms in total. The zero-order valence-electron chi connectivity index (χ0n) is 9.20. The summed E-state index contributed by atoms with van der Waals surface area (Å²) in [6.45, 7) is 3.01. The van der Waals surface area contributed by atoms with E-state index in [4.69, 9.17) is 4.74 Å². The minimum atomic E-state index is 0. The summed E-state index contributed by atoms with van der Waals surface area (Å²) in [4.78, 5) is 0. The van der Waals surface area contributed by atoms with Crippen molar-refractivity contribution in [2.75, 3.05) is 20.3 Å². The number of hydrogen-bond acceptors (Lipinski definition) is 3. The zero-order valence-corrected chi connectivity index (χ0v) is 10.8. The van der Waals surface area contributed by atoms with Crippen molar-refractivity contribution in [3.05, 3.63) is 22.4 Å². The first-order chi connectivity index (χ1) is 6.93. The highest BCUT2D eigenvalue weighted by molar-refractivity contribution is 7.07. The molecule has 0 aliphatic rings. The Morgan fingerprint density at radius 1 is 1.33 bits per heavy atom. The van der Waals surface area contributed by atoms with E-state index in [9.17, 15) is 0 Å². The van der Waals surface area contributed by atoms with E-state index < -0.39 is 0 Å². The van der Waals surface area contributed by atoms with Gasteiger partial charge in [-0.1, -0.05) is 0 Å². The molecule has 0 bridgehead atoms. The van der Waals surface area contributed by atoms with Gasteiger partial charge in [-0.2, -0.15) is 11.3 Å². The Kier molecular flexibility index (Phi) is 10.4. The molecule has 4 heteroatoms. The molecule has 0 spiro atoms. The largest absolute Gasteiger partial charge is 0.385 e. The van der Waals surface area contributed by atoms with E-state index in [0.717, 1.165) is 19.7 Å². The van der Waals surface area contributed by atoms with E-state index in [1.165, 1.54) is 24.8 Å². The molecule has 0 aromatic carbocycles. The first-order valence-corrected chi connectivity index (χ1v) is 6.08. The molecule has 0 saturated heterocycles. The summed E-state index contributed by atoms with van der Waals surface area (Å²) in [5, 5.41) is 7.74. The molecule has 15 heavy (non-hydrogen) atoms. The second-order valence-electron chi connectivity index (χ2n) is 3.36. The Labute approximate surface area is 102 Å². The zero-order chi connectivity index (χ0) is 10.1. The minimum absolute atomic E-state index is 0. The van der Waals surface area contributed by atoms with Crippen molar-refractivity contribution in [1.82, 2.24) is 5.32 Å². The fraction of sp³-hybridized carbons (Fsp3) is 0.636. The Hall–Kier alpha value is -0.0900. The smallest absolute Gasteiger partial charge is 0.0462 e. The number of rotatable bonds is 8. The van der Waals surface area contributed by atoms with Gasteiger partial charge in [0.2, 0.25) is 0 Å². The van der Waals surface area contributed by atoms with Crippen molar-refractivity contribution < 1.29 is 4.74 Å². The maximum Gasteiger partial charge on any atom is 0.0462 e. The maximum absolute atomic E-state index is 4.99.